The summed E-state index contributed by atoms with van der Waals surface area (Å²) >= 11 is -2.33. The molecule has 0 heterocycles. The van der Waals surface area contributed by atoms with E-state index in [-0.39, 0.29) is 0 Å². The van der Waals surface area contributed by atoms with Crippen LogP contribution in [0.4, 0.5) is 0 Å². The van der Waals surface area contributed by atoms with Crippen molar-refractivity contribution in [1.29, 1.82) is 0 Å². The van der Waals surface area contributed by atoms with E-state index in [0.717, 1.165) is 0 Å². The minimum absolute atomic E-state index is 0.612. The molecule has 134 valence electrons. The first-order valence-corrected chi connectivity index (χ1v) is 13.7. The molecular weight excluding hydrogens is 373 g/mol. The van der Waals surface area contributed by atoms with Gasteiger partial charge in [-0.25, -0.2) is 0 Å². The maximum atomic E-state index is 2.88. The molecule has 0 radical (unpaired) electrons. The standard InChI is InChI=1S/3C6H14N.In/c3*1-5(2)7-6(3)4;/h3*5-6H,1-4H3;/q3*-1;+1. The summed E-state index contributed by atoms with van der Waals surface area (Å²) in [6, 6.07) is 3.67. The van der Waals surface area contributed by atoms with Gasteiger partial charge in [0.25, 0.3) is 0 Å². The minimum atomic E-state index is -2.33. The Bertz CT molecular complexity index is 229. The van der Waals surface area contributed by atoms with Crippen molar-refractivity contribution in [3.05, 3.63) is 0 Å². The fourth-order valence-corrected chi connectivity index (χ4v) is 15.6. The van der Waals surface area contributed by atoms with Gasteiger partial charge in [-0.3, -0.25) is 0 Å². The van der Waals surface area contributed by atoms with Gasteiger partial charge in [-0.2, -0.15) is 0 Å². The van der Waals surface area contributed by atoms with Gasteiger partial charge < -0.3 is 0 Å². The second kappa shape index (κ2) is 9.90. The molecule has 0 saturated heterocycles. The second-order valence-corrected chi connectivity index (χ2v) is 15.3. The molecule has 0 aliphatic rings. The van der Waals surface area contributed by atoms with Crippen LogP contribution in [-0.2, 0) is 0 Å². The van der Waals surface area contributed by atoms with Crippen LogP contribution in [0.25, 0.3) is 0 Å². The molecule has 0 aromatic rings. The molecule has 0 amide bonds. The van der Waals surface area contributed by atoms with Gasteiger partial charge >= 0.3 is 150 Å². The normalized spacial score (nSPS) is 13.9. The average molecular weight is 415 g/mol. The molecule has 0 aliphatic heterocycles. The molecule has 0 aliphatic carbocycles. The molecule has 0 rings (SSSR count). The summed E-state index contributed by atoms with van der Waals surface area (Å²) in [7, 11) is 0. The van der Waals surface area contributed by atoms with Crippen molar-refractivity contribution in [1.82, 2.24) is 8.66 Å². The monoisotopic (exact) mass is 415 g/mol. The van der Waals surface area contributed by atoms with E-state index in [0.29, 0.717) is 36.3 Å². The molecule has 0 unspecified atom stereocenters. The molecule has 0 saturated carbocycles. The number of rotatable bonds is 9. The van der Waals surface area contributed by atoms with Crippen LogP contribution in [0.1, 0.15) is 83.1 Å². The molecule has 0 spiro atoms. The molecule has 0 atom stereocenters. The fourth-order valence-electron chi connectivity index (χ4n) is 3.85. The van der Waals surface area contributed by atoms with Crippen LogP contribution in [-0.4, -0.2) is 67.2 Å². The second-order valence-electron chi connectivity index (χ2n) is 8.25. The Hall–Kier alpha value is 0.750. The Labute approximate surface area is 150 Å². The van der Waals surface area contributed by atoms with Crippen LogP contribution in [0.5, 0.6) is 0 Å². The van der Waals surface area contributed by atoms with E-state index in [1.165, 1.54) is 0 Å². The fraction of sp³-hybridized carbons (Fsp3) is 1.00. The first-order chi connectivity index (χ1) is 9.93. The Balaban J connectivity index is 6.03. The van der Waals surface area contributed by atoms with Crippen molar-refractivity contribution in [2.45, 2.75) is 119 Å². The van der Waals surface area contributed by atoms with Crippen molar-refractivity contribution < 1.29 is 0 Å². The van der Waals surface area contributed by atoms with Crippen LogP contribution in [0.2, 0.25) is 0 Å². The third-order valence-corrected chi connectivity index (χ3v) is 19.2. The van der Waals surface area contributed by atoms with Crippen LogP contribution < -0.4 is 0 Å². The zero-order valence-electron chi connectivity index (χ0n) is 17.4. The topological polar surface area (TPSA) is 9.72 Å². The number of hydrogen-bond acceptors (Lipinski definition) is 3. The van der Waals surface area contributed by atoms with Crippen molar-refractivity contribution in [3.63, 3.8) is 0 Å². The zero-order chi connectivity index (χ0) is 17.8. The summed E-state index contributed by atoms with van der Waals surface area (Å²) in [5.74, 6) is 0. The molecule has 22 heavy (non-hydrogen) atoms. The van der Waals surface area contributed by atoms with E-state index in [4.69, 9.17) is 0 Å². The summed E-state index contributed by atoms with van der Waals surface area (Å²) < 4.78 is 8.63. The summed E-state index contributed by atoms with van der Waals surface area (Å²) in [6.45, 7) is 28.5. The van der Waals surface area contributed by atoms with Crippen LogP contribution in [0.3, 0.4) is 0 Å². The van der Waals surface area contributed by atoms with Gasteiger partial charge in [0.15, 0.2) is 0 Å². The SMILES string of the molecule is CC(C)[N](C(C)C)[In-2]([N](C(C)C)C(C)C)[N](C(C)C)C(C)C. The van der Waals surface area contributed by atoms with Crippen molar-refractivity contribution >= 4 is 22.3 Å². The van der Waals surface area contributed by atoms with E-state index in [9.17, 15) is 0 Å². The van der Waals surface area contributed by atoms with Crippen molar-refractivity contribution in [2.75, 3.05) is 0 Å². The summed E-state index contributed by atoms with van der Waals surface area (Å²) in [6.07, 6.45) is 0. The number of hydrogen-bond donors (Lipinski definition) is 0. The Morgan fingerprint density at radius 3 is 0.591 bits per heavy atom. The van der Waals surface area contributed by atoms with E-state index >= 15 is 0 Å². The third kappa shape index (κ3) is 5.99. The molecule has 0 bridgehead atoms. The maximum absolute atomic E-state index is 2.88. The summed E-state index contributed by atoms with van der Waals surface area (Å²) in [4.78, 5) is 0. The van der Waals surface area contributed by atoms with Gasteiger partial charge in [0, 0.05) is 0 Å². The zero-order valence-corrected chi connectivity index (χ0v) is 20.7. The predicted octanol–water partition coefficient (Wildman–Crippen LogP) is 4.33. The van der Waals surface area contributed by atoms with Crippen molar-refractivity contribution in [3.8, 4) is 0 Å². The predicted molar refractivity (Wildman–Crippen MR) is 102 cm³/mol. The summed E-state index contributed by atoms with van der Waals surface area (Å²) in [5.41, 5.74) is 0. The van der Waals surface area contributed by atoms with E-state index in [1.54, 1.807) is 0 Å². The molecule has 3 nitrogen and oxygen atoms in total. The number of nitrogens with zero attached hydrogens (tertiary/aromatic N) is 3. The molecule has 0 fully saturated rings. The molecular formula is C18H42InN3-2. The van der Waals surface area contributed by atoms with Gasteiger partial charge in [-0.1, -0.05) is 0 Å². The molecule has 0 N–H and O–H groups in total. The third-order valence-electron chi connectivity index (χ3n) is 4.38. The van der Waals surface area contributed by atoms with Gasteiger partial charge in [0.2, 0.25) is 0 Å². The first-order valence-electron chi connectivity index (χ1n) is 9.25. The van der Waals surface area contributed by atoms with E-state index in [2.05, 4.69) is 91.7 Å². The Kier molecular flexibility index (Phi) is 10.2. The average Bonchev–Trinajstić information content (AvgIpc) is 2.24. The van der Waals surface area contributed by atoms with Crippen LogP contribution >= 0.6 is 0 Å². The van der Waals surface area contributed by atoms with Gasteiger partial charge in [-0.05, 0) is 0 Å². The van der Waals surface area contributed by atoms with E-state index in [1.807, 2.05) is 0 Å². The van der Waals surface area contributed by atoms with Gasteiger partial charge in [0.1, 0.15) is 0 Å². The quantitative estimate of drug-likeness (QED) is 0.555. The van der Waals surface area contributed by atoms with Gasteiger partial charge in [0.05, 0.1) is 0 Å². The molecule has 0 aromatic heterocycles. The van der Waals surface area contributed by atoms with Gasteiger partial charge in [-0.15, -0.1) is 0 Å². The Morgan fingerprint density at radius 1 is 0.364 bits per heavy atom. The van der Waals surface area contributed by atoms with Crippen molar-refractivity contribution in [2.24, 2.45) is 0 Å². The molecule has 4 heteroatoms. The Morgan fingerprint density at radius 2 is 0.500 bits per heavy atom. The first kappa shape index (κ1) is 22.8. The van der Waals surface area contributed by atoms with E-state index < -0.39 is 22.3 Å². The summed E-state index contributed by atoms with van der Waals surface area (Å²) in [5, 5.41) is 0. The molecule has 0 aromatic carbocycles. The van der Waals surface area contributed by atoms with Crippen LogP contribution in [0.15, 0.2) is 0 Å². The van der Waals surface area contributed by atoms with Crippen LogP contribution in [0, 0.1) is 0 Å².